The Labute approximate surface area is 99.6 Å². The summed E-state index contributed by atoms with van der Waals surface area (Å²) >= 11 is 6.03. The lowest BCUT2D eigenvalue weighted by atomic mass is 10.1. The van der Waals surface area contributed by atoms with Crippen molar-refractivity contribution in [1.82, 2.24) is 9.55 Å². The molecule has 0 unspecified atom stereocenters. The molecule has 0 bridgehead atoms. The predicted molar refractivity (Wildman–Crippen MR) is 56.5 cm³/mol. The van der Waals surface area contributed by atoms with Crippen molar-refractivity contribution in [1.29, 1.82) is 0 Å². The number of aliphatic hydroxyl groups is 1. The van der Waals surface area contributed by atoms with E-state index >= 15 is 0 Å². The molecule has 0 aromatic carbocycles. The van der Waals surface area contributed by atoms with Crippen LogP contribution in [0.3, 0.4) is 0 Å². The largest absolute Gasteiger partial charge is 0.389 e. The number of aromatic amines is 1. The van der Waals surface area contributed by atoms with Gasteiger partial charge < -0.3 is 9.84 Å². The Morgan fingerprint density at radius 3 is 2.88 bits per heavy atom. The van der Waals surface area contributed by atoms with Crippen molar-refractivity contribution >= 4 is 11.6 Å². The molecule has 6 nitrogen and oxygen atoms in total. The Morgan fingerprint density at radius 2 is 2.35 bits per heavy atom. The van der Waals surface area contributed by atoms with E-state index in [0.29, 0.717) is 6.20 Å². The molecule has 1 aliphatic heterocycles. The van der Waals surface area contributed by atoms with Crippen LogP contribution in [0.4, 0.5) is 4.39 Å². The number of nitrogens with one attached hydrogen (secondary N) is 1. The summed E-state index contributed by atoms with van der Waals surface area (Å²) in [5.74, 6) is -1.12. The number of aromatic nitrogens is 2. The molecule has 2 heterocycles. The third-order valence-electron chi connectivity index (χ3n) is 2.72. The zero-order chi connectivity index (χ0) is 12.8. The standard InChI is InChI=1S/C9H10ClFN2O4/c1-9(10)5(14)3-17-7(9)13-2-4(11)6(15)12-8(13)16/h2,5,7,14H,3H2,1H3,(H,12,15,16)/t5-,7-,9-/m1/s1. The minimum atomic E-state index is -1.27. The lowest BCUT2D eigenvalue weighted by molar-refractivity contribution is 0.0362. The Kier molecular flexibility index (Phi) is 2.84. The first-order valence-corrected chi connectivity index (χ1v) is 5.21. The molecular weight excluding hydrogens is 255 g/mol. The smallest absolute Gasteiger partial charge is 0.330 e. The van der Waals surface area contributed by atoms with E-state index < -0.39 is 34.3 Å². The number of halogens is 2. The van der Waals surface area contributed by atoms with Gasteiger partial charge in [0.2, 0.25) is 5.82 Å². The summed E-state index contributed by atoms with van der Waals surface area (Å²) in [5.41, 5.74) is -1.96. The average Bonchev–Trinajstić information content (AvgIpc) is 2.49. The van der Waals surface area contributed by atoms with Crippen LogP contribution in [0.15, 0.2) is 15.8 Å². The van der Waals surface area contributed by atoms with Gasteiger partial charge in [-0.25, -0.2) is 4.79 Å². The molecular formula is C9H10ClFN2O4. The first-order valence-electron chi connectivity index (χ1n) is 4.83. The van der Waals surface area contributed by atoms with E-state index in [9.17, 15) is 19.1 Å². The van der Waals surface area contributed by atoms with Gasteiger partial charge in [0.05, 0.1) is 12.8 Å². The summed E-state index contributed by atoms with van der Waals surface area (Å²) in [6, 6.07) is 0. The van der Waals surface area contributed by atoms with Crippen molar-refractivity contribution in [2.24, 2.45) is 0 Å². The van der Waals surface area contributed by atoms with Gasteiger partial charge in [-0.2, -0.15) is 4.39 Å². The fraction of sp³-hybridized carbons (Fsp3) is 0.556. The molecule has 94 valence electrons. The van der Waals surface area contributed by atoms with Gasteiger partial charge >= 0.3 is 5.69 Å². The van der Waals surface area contributed by atoms with Crippen molar-refractivity contribution < 1.29 is 14.2 Å². The van der Waals surface area contributed by atoms with E-state index in [1.807, 2.05) is 0 Å². The molecule has 0 amide bonds. The topological polar surface area (TPSA) is 84.3 Å². The second kappa shape index (κ2) is 3.94. The fourth-order valence-corrected chi connectivity index (χ4v) is 1.89. The number of rotatable bonds is 1. The third kappa shape index (κ3) is 1.90. The molecule has 0 radical (unpaired) electrons. The summed E-state index contributed by atoms with van der Waals surface area (Å²) in [5, 5.41) is 9.57. The summed E-state index contributed by atoms with van der Waals surface area (Å²) in [6.45, 7) is 1.39. The zero-order valence-corrected chi connectivity index (χ0v) is 9.57. The number of hydrogen-bond donors (Lipinski definition) is 2. The number of ether oxygens (including phenoxy) is 1. The second-order valence-electron chi connectivity index (χ2n) is 4.00. The first kappa shape index (κ1) is 12.3. The van der Waals surface area contributed by atoms with Crippen LogP contribution in [-0.2, 0) is 4.74 Å². The van der Waals surface area contributed by atoms with Crippen LogP contribution >= 0.6 is 11.6 Å². The van der Waals surface area contributed by atoms with Crippen molar-refractivity contribution in [2.45, 2.75) is 24.1 Å². The maximum absolute atomic E-state index is 13.1. The normalized spacial score (nSPS) is 32.9. The second-order valence-corrected chi connectivity index (χ2v) is 4.81. The van der Waals surface area contributed by atoms with Crippen LogP contribution in [0.5, 0.6) is 0 Å². The quantitative estimate of drug-likeness (QED) is 0.674. The number of hydrogen-bond acceptors (Lipinski definition) is 4. The Hall–Kier alpha value is -1.18. The summed E-state index contributed by atoms with van der Waals surface area (Å²) in [7, 11) is 0. The highest BCUT2D eigenvalue weighted by atomic mass is 35.5. The van der Waals surface area contributed by atoms with Crippen LogP contribution in [-0.4, -0.2) is 32.2 Å². The zero-order valence-electron chi connectivity index (χ0n) is 8.81. The molecule has 17 heavy (non-hydrogen) atoms. The van der Waals surface area contributed by atoms with E-state index in [4.69, 9.17) is 16.3 Å². The van der Waals surface area contributed by atoms with Crippen LogP contribution in [0, 0.1) is 5.82 Å². The lowest BCUT2D eigenvalue weighted by Crippen LogP contribution is -2.42. The van der Waals surface area contributed by atoms with E-state index in [1.165, 1.54) is 6.92 Å². The summed E-state index contributed by atoms with van der Waals surface area (Å²) in [6.07, 6.45) is -1.32. The van der Waals surface area contributed by atoms with Crippen LogP contribution < -0.4 is 11.2 Å². The Balaban J connectivity index is 2.53. The number of alkyl halides is 1. The van der Waals surface area contributed by atoms with Crippen LogP contribution in [0.2, 0.25) is 0 Å². The summed E-state index contributed by atoms with van der Waals surface area (Å²) in [4.78, 5) is 22.9. The Bertz CT molecular complexity index is 553. The van der Waals surface area contributed by atoms with Gasteiger partial charge in [-0.1, -0.05) is 0 Å². The number of nitrogens with zero attached hydrogens (tertiary/aromatic N) is 1. The van der Waals surface area contributed by atoms with Gasteiger partial charge in [0.15, 0.2) is 6.23 Å². The third-order valence-corrected chi connectivity index (χ3v) is 3.16. The highest BCUT2D eigenvalue weighted by molar-refractivity contribution is 6.24. The lowest BCUT2D eigenvalue weighted by Gasteiger charge is -2.26. The van der Waals surface area contributed by atoms with E-state index in [0.717, 1.165) is 4.57 Å². The van der Waals surface area contributed by atoms with Gasteiger partial charge in [-0.15, -0.1) is 11.6 Å². The molecule has 1 fully saturated rings. The fourth-order valence-electron chi connectivity index (χ4n) is 1.66. The molecule has 0 saturated carbocycles. The maximum atomic E-state index is 13.1. The van der Waals surface area contributed by atoms with E-state index in [1.54, 1.807) is 4.98 Å². The Morgan fingerprint density at radius 1 is 1.71 bits per heavy atom. The average molecular weight is 265 g/mol. The molecule has 0 aliphatic carbocycles. The van der Waals surface area contributed by atoms with Gasteiger partial charge in [-0.05, 0) is 6.92 Å². The first-order chi connectivity index (χ1) is 7.84. The molecule has 1 saturated heterocycles. The minimum absolute atomic E-state index is 0.0716. The molecule has 8 heteroatoms. The number of H-pyrrole nitrogens is 1. The van der Waals surface area contributed by atoms with Gasteiger partial charge in [0.25, 0.3) is 5.56 Å². The van der Waals surface area contributed by atoms with Gasteiger partial charge in [-0.3, -0.25) is 14.3 Å². The van der Waals surface area contributed by atoms with Gasteiger partial charge in [0.1, 0.15) is 11.0 Å². The van der Waals surface area contributed by atoms with Crippen LogP contribution in [0.25, 0.3) is 0 Å². The SMILES string of the molecule is C[C@@]1(Cl)[C@H](O)CO[C@H]1n1cc(F)c(=O)[nH]c1=O. The van der Waals surface area contributed by atoms with E-state index in [2.05, 4.69) is 0 Å². The van der Waals surface area contributed by atoms with Crippen molar-refractivity contribution in [2.75, 3.05) is 6.61 Å². The van der Waals surface area contributed by atoms with Crippen LogP contribution in [0.1, 0.15) is 13.2 Å². The maximum Gasteiger partial charge on any atom is 0.330 e. The highest BCUT2D eigenvalue weighted by Gasteiger charge is 2.47. The monoisotopic (exact) mass is 264 g/mol. The molecule has 2 rings (SSSR count). The molecule has 1 aromatic rings. The molecule has 1 aromatic heterocycles. The van der Waals surface area contributed by atoms with E-state index in [-0.39, 0.29) is 6.61 Å². The minimum Gasteiger partial charge on any atom is -0.389 e. The van der Waals surface area contributed by atoms with Gasteiger partial charge in [0, 0.05) is 0 Å². The van der Waals surface area contributed by atoms with Crippen molar-refractivity contribution in [3.05, 3.63) is 32.9 Å². The highest BCUT2D eigenvalue weighted by Crippen LogP contribution is 2.38. The molecule has 1 aliphatic rings. The number of aliphatic hydroxyl groups excluding tert-OH is 1. The summed E-state index contributed by atoms with van der Waals surface area (Å²) < 4.78 is 19.1. The van der Waals surface area contributed by atoms with Crippen molar-refractivity contribution in [3.63, 3.8) is 0 Å². The van der Waals surface area contributed by atoms with Crippen molar-refractivity contribution in [3.8, 4) is 0 Å². The predicted octanol–water partition coefficient (Wildman–Crippen LogP) is -0.437. The molecule has 0 spiro atoms. The molecule has 3 atom stereocenters. The molecule has 2 N–H and O–H groups in total.